The second-order valence-electron chi connectivity index (χ2n) is 14.4. The van der Waals surface area contributed by atoms with Crippen molar-refractivity contribution in [1.82, 2.24) is 0 Å². The SMILES string of the molecule is C=Cc1sc2c(c1CCC)-c1cc(-c3ccccc3/C(C=NC)=C/C(C3=CC=CCC3)c3ccccc3)ccc1C21C(=C)/C=C\C=C/Cc2ccccc21. The summed E-state index contributed by atoms with van der Waals surface area (Å²) in [5.41, 5.74) is 16.1. The first-order valence-electron chi connectivity index (χ1n) is 19.3. The topological polar surface area (TPSA) is 12.4 Å². The Morgan fingerprint density at radius 2 is 1.70 bits per heavy atom. The maximum atomic E-state index is 4.86. The summed E-state index contributed by atoms with van der Waals surface area (Å²) in [6.45, 7) is 11.5. The molecule has 0 fully saturated rings. The molecule has 0 N–H and O–H groups in total. The molecule has 0 saturated heterocycles. The normalized spacial score (nSPS) is 19.3. The molecule has 1 heterocycles. The molecule has 0 radical (unpaired) electrons. The van der Waals surface area contributed by atoms with Crippen molar-refractivity contribution in [1.29, 1.82) is 0 Å². The molecule has 266 valence electrons. The minimum absolute atomic E-state index is 0.149. The summed E-state index contributed by atoms with van der Waals surface area (Å²) in [6, 6.07) is 36.0. The Bertz CT molecular complexity index is 2420. The van der Waals surface area contributed by atoms with Crippen LogP contribution in [0.2, 0.25) is 0 Å². The van der Waals surface area contributed by atoms with Crippen LogP contribution in [-0.4, -0.2) is 13.3 Å². The van der Waals surface area contributed by atoms with Crippen molar-refractivity contribution in [3.8, 4) is 22.3 Å². The van der Waals surface area contributed by atoms with Crippen LogP contribution >= 0.6 is 11.3 Å². The summed E-state index contributed by atoms with van der Waals surface area (Å²) < 4.78 is 0. The first-order valence-corrected chi connectivity index (χ1v) is 20.1. The summed E-state index contributed by atoms with van der Waals surface area (Å²) in [4.78, 5) is 7.26. The minimum atomic E-state index is -0.499. The van der Waals surface area contributed by atoms with E-state index in [4.69, 9.17) is 6.58 Å². The van der Waals surface area contributed by atoms with E-state index in [0.717, 1.165) is 43.3 Å². The molecule has 0 amide bonds. The molecule has 0 bridgehead atoms. The van der Waals surface area contributed by atoms with Gasteiger partial charge in [-0.2, -0.15) is 0 Å². The van der Waals surface area contributed by atoms with Crippen molar-refractivity contribution in [2.45, 2.75) is 50.4 Å². The van der Waals surface area contributed by atoms with Gasteiger partial charge < -0.3 is 0 Å². The lowest BCUT2D eigenvalue weighted by Crippen LogP contribution is -2.29. The van der Waals surface area contributed by atoms with E-state index in [1.807, 2.05) is 24.6 Å². The summed E-state index contributed by atoms with van der Waals surface area (Å²) >= 11 is 1.91. The molecule has 8 rings (SSSR count). The van der Waals surface area contributed by atoms with Crippen LogP contribution in [0.5, 0.6) is 0 Å². The van der Waals surface area contributed by atoms with E-state index in [1.54, 1.807) is 0 Å². The molecular formula is C52H47NS. The van der Waals surface area contributed by atoms with Gasteiger partial charge in [0.2, 0.25) is 0 Å². The molecule has 4 aromatic carbocycles. The summed E-state index contributed by atoms with van der Waals surface area (Å²) in [6.07, 6.45) is 27.2. The number of hydrogen-bond acceptors (Lipinski definition) is 2. The number of benzene rings is 4. The third-order valence-electron chi connectivity index (χ3n) is 11.3. The lowest BCUT2D eigenvalue weighted by Gasteiger charge is -2.34. The van der Waals surface area contributed by atoms with Crippen LogP contribution < -0.4 is 0 Å². The molecule has 1 nitrogen and oxygen atoms in total. The Morgan fingerprint density at radius 1 is 0.889 bits per heavy atom. The fourth-order valence-corrected chi connectivity index (χ4v) is 10.4. The Balaban J connectivity index is 1.36. The van der Waals surface area contributed by atoms with Gasteiger partial charge in [0.15, 0.2) is 0 Å². The molecule has 1 spiro atoms. The largest absolute Gasteiger partial charge is 0.296 e. The molecule has 0 saturated carbocycles. The molecule has 0 aliphatic heterocycles. The molecule has 3 aliphatic rings. The summed E-state index contributed by atoms with van der Waals surface area (Å²) in [5.74, 6) is 0.149. The highest BCUT2D eigenvalue weighted by atomic mass is 32.1. The lowest BCUT2D eigenvalue weighted by molar-refractivity contribution is 0.775. The first kappa shape index (κ1) is 35.5. The Hall–Kier alpha value is -5.57. The smallest absolute Gasteiger partial charge is 0.0804 e. The van der Waals surface area contributed by atoms with Crippen molar-refractivity contribution < 1.29 is 0 Å². The highest BCUT2D eigenvalue weighted by Crippen LogP contribution is 2.62. The maximum absolute atomic E-state index is 4.86. The minimum Gasteiger partial charge on any atom is -0.296 e. The molecule has 3 aliphatic carbocycles. The molecule has 2 atom stereocenters. The molecular weight excluding hydrogens is 671 g/mol. The van der Waals surface area contributed by atoms with Gasteiger partial charge in [-0.3, -0.25) is 4.99 Å². The molecule has 5 aromatic rings. The third kappa shape index (κ3) is 6.09. The average molecular weight is 718 g/mol. The molecule has 2 heteroatoms. The van der Waals surface area contributed by atoms with E-state index < -0.39 is 5.41 Å². The number of fused-ring (bicyclic) bond motifs is 7. The monoisotopic (exact) mass is 717 g/mol. The predicted molar refractivity (Wildman–Crippen MR) is 235 cm³/mol. The van der Waals surface area contributed by atoms with Crippen LogP contribution in [0, 0.1) is 0 Å². The van der Waals surface area contributed by atoms with Crippen LogP contribution in [0.4, 0.5) is 0 Å². The molecule has 54 heavy (non-hydrogen) atoms. The van der Waals surface area contributed by atoms with Gasteiger partial charge in [-0.25, -0.2) is 0 Å². The average Bonchev–Trinajstić information content (AvgIpc) is 3.74. The summed E-state index contributed by atoms with van der Waals surface area (Å²) in [5, 5.41) is 0. The number of hydrogen-bond donors (Lipinski definition) is 0. The van der Waals surface area contributed by atoms with Gasteiger partial charge in [0.05, 0.1) is 5.41 Å². The zero-order valence-electron chi connectivity index (χ0n) is 31.4. The van der Waals surface area contributed by atoms with Crippen molar-refractivity contribution in [3.05, 3.63) is 213 Å². The van der Waals surface area contributed by atoms with E-state index >= 15 is 0 Å². The second-order valence-corrected chi connectivity index (χ2v) is 15.5. The number of allylic oxidation sites excluding steroid dienone is 11. The highest BCUT2D eigenvalue weighted by molar-refractivity contribution is 7.14. The van der Waals surface area contributed by atoms with Gasteiger partial charge >= 0.3 is 0 Å². The Labute approximate surface area is 325 Å². The van der Waals surface area contributed by atoms with Gasteiger partial charge in [-0.15, -0.1) is 11.3 Å². The van der Waals surface area contributed by atoms with Gasteiger partial charge in [-0.1, -0.05) is 178 Å². The van der Waals surface area contributed by atoms with Crippen molar-refractivity contribution in [2.24, 2.45) is 4.99 Å². The number of thiophene rings is 1. The van der Waals surface area contributed by atoms with Crippen molar-refractivity contribution >= 4 is 29.2 Å². The Morgan fingerprint density at radius 3 is 2.50 bits per heavy atom. The van der Waals surface area contributed by atoms with Crippen LogP contribution in [0.15, 0.2) is 175 Å². The number of aliphatic imine (C=N–C) groups is 1. The molecule has 1 aromatic heterocycles. The first-order chi connectivity index (χ1) is 26.6. The van der Waals surface area contributed by atoms with E-state index in [9.17, 15) is 0 Å². The van der Waals surface area contributed by atoms with Crippen LogP contribution in [0.25, 0.3) is 33.9 Å². The quantitative estimate of drug-likeness (QED) is 0.135. The second kappa shape index (κ2) is 15.4. The van der Waals surface area contributed by atoms with E-state index in [1.165, 1.54) is 71.0 Å². The fraction of sp³-hybridized carbons (Fsp3) is 0.173. The third-order valence-corrected chi connectivity index (χ3v) is 12.7. The number of rotatable bonds is 9. The van der Waals surface area contributed by atoms with Gasteiger partial charge in [0.25, 0.3) is 0 Å². The van der Waals surface area contributed by atoms with E-state index in [0.29, 0.717) is 0 Å². The van der Waals surface area contributed by atoms with Crippen LogP contribution in [0.3, 0.4) is 0 Å². The zero-order valence-corrected chi connectivity index (χ0v) is 32.2. The zero-order chi connectivity index (χ0) is 37.1. The fourth-order valence-electron chi connectivity index (χ4n) is 8.92. The van der Waals surface area contributed by atoms with Gasteiger partial charge in [0, 0.05) is 34.5 Å². The Kier molecular flexibility index (Phi) is 10.1. The van der Waals surface area contributed by atoms with E-state index in [2.05, 4.69) is 170 Å². The predicted octanol–water partition coefficient (Wildman–Crippen LogP) is 13.7. The standard InChI is InChI=1S/C52H47NS/c1-5-20-44-49(6-2)54-51-50(44)46-33-40(31-32-48(46)52(51)36(3)21-10-7-15-26-39-27-16-19-30-47(39)52)42-28-17-18-29-43(42)41(35-53-4)34-45(37-22-11-8-12-23-37)38-24-13-9-14-25-38/h6-13,15-19,21-24,27-35,45H,2-3,5,14,20,25-26H2,1,4H3/b15-7-,21-10-,41-34+,53-35?. The van der Waals surface area contributed by atoms with Crippen molar-refractivity contribution in [3.63, 3.8) is 0 Å². The molecule has 2 unspecified atom stereocenters. The van der Waals surface area contributed by atoms with Crippen molar-refractivity contribution in [2.75, 3.05) is 7.05 Å². The van der Waals surface area contributed by atoms with Gasteiger partial charge in [-0.05, 0) is 93.0 Å². The lowest BCUT2D eigenvalue weighted by atomic mass is 9.68. The number of nitrogens with zero attached hydrogens (tertiary/aromatic N) is 1. The van der Waals surface area contributed by atoms with Crippen LogP contribution in [0.1, 0.15) is 75.2 Å². The highest BCUT2D eigenvalue weighted by Gasteiger charge is 2.50. The van der Waals surface area contributed by atoms with Gasteiger partial charge in [0.1, 0.15) is 0 Å². The summed E-state index contributed by atoms with van der Waals surface area (Å²) in [7, 11) is 1.88. The van der Waals surface area contributed by atoms with E-state index in [-0.39, 0.29) is 5.92 Å². The maximum Gasteiger partial charge on any atom is 0.0804 e. The van der Waals surface area contributed by atoms with Crippen LogP contribution in [-0.2, 0) is 18.3 Å².